The Morgan fingerprint density at radius 3 is 2.55 bits per heavy atom. The fraction of sp³-hybridized carbons (Fsp3) is 0.467. The van der Waals surface area contributed by atoms with E-state index in [1.54, 1.807) is 11.3 Å². The van der Waals surface area contributed by atoms with E-state index in [-0.39, 0.29) is 0 Å². The van der Waals surface area contributed by atoms with Crippen molar-refractivity contribution in [3.8, 4) is 0 Å². The van der Waals surface area contributed by atoms with Gasteiger partial charge in [-0.05, 0) is 33.0 Å². The third kappa shape index (κ3) is 3.35. The lowest BCUT2D eigenvalue weighted by Crippen LogP contribution is -2.22. The van der Waals surface area contributed by atoms with Crippen LogP contribution in [0.5, 0.6) is 0 Å². The lowest BCUT2D eigenvalue weighted by Gasteiger charge is -2.23. The van der Waals surface area contributed by atoms with Crippen molar-refractivity contribution < 1.29 is 0 Å². The molecule has 5 heteroatoms. The summed E-state index contributed by atoms with van der Waals surface area (Å²) in [5.74, 6) is 0. The Labute approximate surface area is 125 Å². The maximum atomic E-state index is 4.60. The smallest absolute Gasteiger partial charge is 0.185 e. The van der Waals surface area contributed by atoms with Crippen LogP contribution in [0.4, 0.5) is 5.13 Å². The normalized spacial score (nSPS) is 12.7. The third-order valence-corrected chi connectivity index (χ3v) is 4.74. The summed E-state index contributed by atoms with van der Waals surface area (Å²) >= 11 is 1.76. The minimum absolute atomic E-state index is 0.292. The molecule has 0 aromatic carbocycles. The highest BCUT2D eigenvalue weighted by Gasteiger charge is 2.16. The van der Waals surface area contributed by atoms with Gasteiger partial charge >= 0.3 is 0 Å². The summed E-state index contributed by atoms with van der Waals surface area (Å²) in [6.07, 6.45) is 1.85. The van der Waals surface area contributed by atoms with Gasteiger partial charge in [0, 0.05) is 37.8 Å². The second-order valence-corrected chi connectivity index (χ2v) is 6.31. The lowest BCUT2D eigenvalue weighted by molar-refractivity contribution is 0.250. The summed E-state index contributed by atoms with van der Waals surface area (Å²) in [4.78, 5) is 14.7. The SMILES string of the molecule is Cc1nc(N(C)C)sc1CN(C)C(C)c1ccccn1. The number of anilines is 1. The summed E-state index contributed by atoms with van der Waals surface area (Å²) < 4.78 is 0. The van der Waals surface area contributed by atoms with Crippen molar-refractivity contribution in [3.05, 3.63) is 40.7 Å². The predicted molar refractivity (Wildman–Crippen MR) is 85.3 cm³/mol. The molecule has 4 nitrogen and oxygen atoms in total. The topological polar surface area (TPSA) is 32.3 Å². The Balaban J connectivity index is 2.09. The summed E-state index contributed by atoms with van der Waals surface area (Å²) in [5, 5.41) is 1.07. The number of pyridine rings is 1. The van der Waals surface area contributed by atoms with Crippen LogP contribution in [-0.4, -0.2) is 36.0 Å². The largest absolute Gasteiger partial charge is 0.354 e. The van der Waals surface area contributed by atoms with Crippen molar-refractivity contribution in [2.75, 3.05) is 26.0 Å². The number of hydrogen-bond acceptors (Lipinski definition) is 5. The zero-order chi connectivity index (χ0) is 14.7. The van der Waals surface area contributed by atoms with E-state index in [0.29, 0.717) is 6.04 Å². The van der Waals surface area contributed by atoms with E-state index in [1.807, 2.05) is 32.4 Å². The predicted octanol–water partition coefficient (Wildman–Crippen LogP) is 3.11. The molecule has 1 atom stereocenters. The molecule has 0 aliphatic carbocycles. The highest BCUT2D eigenvalue weighted by Crippen LogP contribution is 2.27. The first-order valence-corrected chi connectivity index (χ1v) is 7.55. The van der Waals surface area contributed by atoms with Gasteiger partial charge in [0.05, 0.1) is 11.4 Å². The first-order chi connectivity index (χ1) is 9.49. The number of rotatable bonds is 5. The molecular weight excluding hydrogens is 268 g/mol. The molecule has 0 saturated carbocycles. The monoisotopic (exact) mass is 290 g/mol. The van der Waals surface area contributed by atoms with Gasteiger partial charge in [-0.1, -0.05) is 6.07 Å². The number of nitrogens with zero attached hydrogens (tertiary/aromatic N) is 4. The molecule has 108 valence electrons. The molecular formula is C15H22N4S. The molecule has 0 saturated heterocycles. The van der Waals surface area contributed by atoms with Crippen molar-refractivity contribution in [2.24, 2.45) is 0 Å². The van der Waals surface area contributed by atoms with Gasteiger partial charge in [0.2, 0.25) is 0 Å². The number of thiazole rings is 1. The van der Waals surface area contributed by atoms with E-state index in [0.717, 1.165) is 23.1 Å². The molecule has 0 N–H and O–H groups in total. The van der Waals surface area contributed by atoms with Gasteiger partial charge in [-0.2, -0.15) is 0 Å². The summed E-state index contributed by atoms with van der Waals surface area (Å²) in [6.45, 7) is 5.17. The van der Waals surface area contributed by atoms with Crippen molar-refractivity contribution in [3.63, 3.8) is 0 Å². The van der Waals surface area contributed by atoms with E-state index in [2.05, 4.69) is 46.7 Å². The van der Waals surface area contributed by atoms with Crippen LogP contribution in [0.2, 0.25) is 0 Å². The van der Waals surface area contributed by atoms with Crippen molar-refractivity contribution >= 4 is 16.5 Å². The van der Waals surface area contributed by atoms with E-state index in [4.69, 9.17) is 0 Å². The third-order valence-electron chi connectivity index (χ3n) is 3.43. The Kier molecular flexibility index (Phi) is 4.73. The van der Waals surface area contributed by atoms with E-state index >= 15 is 0 Å². The fourth-order valence-electron chi connectivity index (χ4n) is 1.96. The molecule has 2 aromatic rings. The van der Waals surface area contributed by atoms with Crippen LogP contribution in [-0.2, 0) is 6.54 Å². The van der Waals surface area contributed by atoms with Crippen LogP contribution >= 0.6 is 11.3 Å². The lowest BCUT2D eigenvalue weighted by atomic mass is 10.2. The summed E-state index contributed by atoms with van der Waals surface area (Å²) in [5.41, 5.74) is 2.23. The molecule has 2 heterocycles. The van der Waals surface area contributed by atoms with Gasteiger partial charge in [-0.3, -0.25) is 9.88 Å². The summed E-state index contributed by atoms with van der Waals surface area (Å²) in [7, 11) is 6.19. The minimum Gasteiger partial charge on any atom is -0.354 e. The number of hydrogen-bond donors (Lipinski definition) is 0. The quantitative estimate of drug-likeness (QED) is 0.847. The molecule has 0 aliphatic heterocycles. The highest BCUT2D eigenvalue weighted by atomic mass is 32.1. The average molecular weight is 290 g/mol. The standard InChI is InChI=1S/C15H22N4S/c1-11-14(20-15(17-11)18(3)4)10-19(5)12(2)13-8-6-7-9-16-13/h6-9,12H,10H2,1-5H3. The Hall–Kier alpha value is -1.46. The second kappa shape index (κ2) is 6.33. The molecule has 0 radical (unpaired) electrons. The average Bonchev–Trinajstić information content (AvgIpc) is 2.80. The number of aromatic nitrogens is 2. The Morgan fingerprint density at radius 2 is 2.00 bits per heavy atom. The zero-order valence-corrected chi connectivity index (χ0v) is 13.6. The van der Waals surface area contributed by atoms with Gasteiger partial charge in [0.1, 0.15) is 0 Å². The molecule has 0 aliphatic rings. The first kappa shape index (κ1) is 14.9. The first-order valence-electron chi connectivity index (χ1n) is 6.74. The van der Waals surface area contributed by atoms with E-state index < -0.39 is 0 Å². The minimum atomic E-state index is 0.292. The van der Waals surface area contributed by atoms with Crippen LogP contribution in [0.3, 0.4) is 0 Å². The van der Waals surface area contributed by atoms with Crippen LogP contribution in [0.15, 0.2) is 24.4 Å². The molecule has 2 rings (SSSR count). The molecule has 0 spiro atoms. The van der Waals surface area contributed by atoms with E-state index in [9.17, 15) is 0 Å². The van der Waals surface area contributed by atoms with E-state index in [1.165, 1.54) is 4.88 Å². The molecule has 2 aromatic heterocycles. The second-order valence-electron chi connectivity index (χ2n) is 5.25. The van der Waals surface area contributed by atoms with Crippen molar-refractivity contribution in [1.82, 2.24) is 14.9 Å². The highest BCUT2D eigenvalue weighted by molar-refractivity contribution is 7.15. The van der Waals surface area contributed by atoms with Gasteiger partial charge in [0.25, 0.3) is 0 Å². The van der Waals surface area contributed by atoms with Gasteiger partial charge in [0.15, 0.2) is 5.13 Å². The fourth-order valence-corrected chi connectivity index (χ4v) is 3.01. The van der Waals surface area contributed by atoms with Gasteiger partial charge in [-0.25, -0.2) is 4.98 Å². The summed E-state index contributed by atoms with van der Waals surface area (Å²) in [6, 6.07) is 6.36. The molecule has 0 bridgehead atoms. The van der Waals surface area contributed by atoms with Gasteiger partial charge in [-0.15, -0.1) is 11.3 Å². The van der Waals surface area contributed by atoms with Crippen LogP contribution in [0.1, 0.15) is 29.2 Å². The van der Waals surface area contributed by atoms with Crippen molar-refractivity contribution in [1.29, 1.82) is 0 Å². The molecule has 0 fully saturated rings. The Bertz CT molecular complexity index is 550. The Morgan fingerprint density at radius 1 is 1.25 bits per heavy atom. The maximum absolute atomic E-state index is 4.60. The van der Waals surface area contributed by atoms with Crippen LogP contribution in [0.25, 0.3) is 0 Å². The molecule has 0 amide bonds. The maximum Gasteiger partial charge on any atom is 0.185 e. The van der Waals surface area contributed by atoms with Crippen molar-refractivity contribution in [2.45, 2.75) is 26.4 Å². The van der Waals surface area contributed by atoms with Crippen LogP contribution in [0, 0.1) is 6.92 Å². The van der Waals surface area contributed by atoms with Crippen LogP contribution < -0.4 is 4.90 Å². The molecule has 1 unspecified atom stereocenters. The zero-order valence-electron chi connectivity index (χ0n) is 12.8. The molecule has 20 heavy (non-hydrogen) atoms. The number of aryl methyl sites for hydroxylation is 1. The van der Waals surface area contributed by atoms with Gasteiger partial charge < -0.3 is 4.90 Å².